The fraction of sp³-hybridized carbons (Fsp3) is 0.500. The average Bonchev–Trinajstić information content (AvgIpc) is 3.27. The topological polar surface area (TPSA) is 73.7 Å². The number of aliphatic hydroxyl groups is 1. The molecule has 2 atom stereocenters. The lowest BCUT2D eigenvalue weighted by Crippen LogP contribution is -2.31. The number of nitrogens with zero attached hydrogens (tertiary/aromatic N) is 3. The third kappa shape index (κ3) is 4.17. The van der Waals surface area contributed by atoms with Gasteiger partial charge in [0.05, 0.1) is 11.6 Å². The zero-order chi connectivity index (χ0) is 19.5. The molecule has 0 bridgehead atoms. The predicted octanol–water partition coefficient (Wildman–Crippen LogP) is 2.00. The molecule has 2 aromatic rings. The lowest BCUT2D eigenvalue weighted by atomic mass is 9.99. The van der Waals surface area contributed by atoms with Gasteiger partial charge in [-0.05, 0) is 31.4 Å². The summed E-state index contributed by atoms with van der Waals surface area (Å²) in [5, 5.41) is 11.5. The van der Waals surface area contributed by atoms with E-state index in [0.717, 1.165) is 29.6 Å². The molecule has 6 heteroatoms. The van der Waals surface area contributed by atoms with E-state index in [2.05, 4.69) is 6.07 Å². The van der Waals surface area contributed by atoms with Gasteiger partial charge < -0.3 is 14.9 Å². The molecule has 0 radical (unpaired) electrons. The van der Waals surface area contributed by atoms with Crippen LogP contribution in [0.4, 0.5) is 0 Å². The number of hydrogen-bond donors (Lipinski definition) is 1. The molecule has 3 heterocycles. The van der Waals surface area contributed by atoms with Gasteiger partial charge in [0.2, 0.25) is 11.8 Å². The van der Waals surface area contributed by atoms with E-state index in [4.69, 9.17) is 4.98 Å². The Kier molecular flexibility index (Phi) is 5.57. The van der Waals surface area contributed by atoms with Crippen LogP contribution in [0.1, 0.15) is 31.4 Å². The number of pyridine rings is 1. The van der Waals surface area contributed by atoms with Gasteiger partial charge in [-0.3, -0.25) is 14.6 Å². The van der Waals surface area contributed by atoms with Crippen molar-refractivity contribution in [1.29, 1.82) is 0 Å². The highest BCUT2D eigenvalue weighted by molar-refractivity contribution is 5.79. The van der Waals surface area contributed by atoms with Gasteiger partial charge in [-0.15, -0.1) is 0 Å². The van der Waals surface area contributed by atoms with Crippen molar-refractivity contribution >= 4 is 22.7 Å². The number of β-amino-alcohol motifs (C(OH)–C–C–N with tert-alkyl or cyclic N) is 1. The fourth-order valence-electron chi connectivity index (χ4n) is 4.27. The first-order valence-electron chi connectivity index (χ1n) is 10.2. The molecule has 2 aliphatic heterocycles. The normalized spacial score (nSPS) is 22.4. The first kappa shape index (κ1) is 18.9. The molecular formula is C22H27N3O3. The molecule has 0 saturated carbocycles. The molecule has 1 aromatic heterocycles. The van der Waals surface area contributed by atoms with Crippen molar-refractivity contribution in [3.63, 3.8) is 0 Å². The Morgan fingerprint density at radius 3 is 2.86 bits per heavy atom. The Labute approximate surface area is 165 Å². The second kappa shape index (κ2) is 8.27. The number of amides is 2. The van der Waals surface area contributed by atoms with Crippen LogP contribution in [0.5, 0.6) is 0 Å². The summed E-state index contributed by atoms with van der Waals surface area (Å²) in [6, 6.07) is 12.1. The highest BCUT2D eigenvalue weighted by Crippen LogP contribution is 2.23. The van der Waals surface area contributed by atoms with E-state index >= 15 is 0 Å². The second-order valence-corrected chi connectivity index (χ2v) is 7.91. The molecule has 0 aliphatic carbocycles. The van der Waals surface area contributed by atoms with Gasteiger partial charge in [-0.2, -0.15) is 0 Å². The van der Waals surface area contributed by atoms with Gasteiger partial charge in [0, 0.05) is 56.0 Å². The largest absolute Gasteiger partial charge is 0.391 e. The van der Waals surface area contributed by atoms with Crippen LogP contribution in [0.3, 0.4) is 0 Å². The predicted molar refractivity (Wildman–Crippen MR) is 107 cm³/mol. The lowest BCUT2D eigenvalue weighted by Gasteiger charge is -2.18. The van der Waals surface area contributed by atoms with Crippen molar-refractivity contribution in [2.45, 2.75) is 38.2 Å². The molecule has 148 valence electrons. The molecule has 2 aliphatic rings. The van der Waals surface area contributed by atoms with Gasteiger partial charge in [0.25, 0.3) is 0 Å². The monoisotopic (exact) mass is 381 g/mol. The number of aromatic nitrogens is 1. The molecule has 2 amide bonds. The number of para-hydroxylation sites is 1. The minimum Gasteiger partial charge on any atom is -0.391 e. The molecule has 0 spiro atoms. The summed E-state index contributed by atoms with van der Waals surface area (Å²) >= 11 is 0. The maximum atomic E-state index is 12.5. The molecule has 4 rings (SSSR count). The zero-order valence-corrected chi connectivity index (χ0v) is 16.1. The second-order valence-electron chi connectivity index (χ2n) is 7.91. The smallest absolute Gasteiger partial charge is 0.222 e. The Balaban J connectivity index is 1.29. The van der Waals surface area contributed by atoms with Crippen LogP contribution < -0.4 is 0 Å². The summed E-state index contributed by atoms with van der Waals surface area (Å²) in [5.74, 6) is 0.282. The first-order chi connectivity index (χ1) is 13.6. The SMILES string of the molecule is O=C1CCCN1CCCC(=O)N1C[C@@H](Cc2ccc3ccccc3n2)[C@H](O)C1. The van der Waals surface area contributed by atoms with E-state index in [1.807, 2.05) is 35.2 Å². The van der Waals surface area contributed by atoms with E-state index in [-0.39, 0.29) is 17.7 Å². The van der Waals surface area contributed by atoms with Crippen molar-refractivity contribution in [3.8, 4) is 0 Å². The molecule has 1 aromatic carbocycles. The standard InChI is InChI=1S/C22H27N3O3/c26-20-15-25(22(28)8-4-12-24-11-3-7-21(24)27)14-17(20)13-18-10-9-16-5-1-2-6-19(16)23-18/h1-2,5-6,9-10,17,20,26H,3-4,7-8,11-15H2/t17-,20-/m1/s1. The van der Waals surface area contributed by atoms with Crippen LogP contribution >= 0.6 is 0 Å². The maximum absolute atomic E-state index is 12.5. The Bertz CT molecular complexity index is 869. The zero-order valence-electron chi connectivity index (χ0n) is 16.1. The summed E-state index contributed by atoms with van der Waals surface area (Å²) in [4.78, 5) is 32.5. The summed E-state index contributed by atoms with van der Waals surface area (Å²) in [7, 11) is 0. The molecule has 2 fully saturated rings. The van der Waals surface area contributed by atoms with Crippen LogP contribution in [-0.2, 0) is 16.0 Å². The van der Waals surface area contributed by atoms with Crippen molar-refractivity contribution in [2.75, 3.05) is 26.2 Å². The summed E-state index contributed by atoms with van der Waals surface area (Å²) in [6.07, 6.45) is 2.83. The Hall–Kier alpha value is -2.47. The number of fused-ring (bicyclic) bond motifs is 1. The number of likely N-dealkylation sites (tertiary alicyclic amines) is 2. The van der Waals surface area contributed by atoms with Gasteiger partial charge in [-0.1, -0.05) is 24.3 Å². The Morgan fingerprint density at radius 2 is 2.04 bits per heavy atom. The van der Waals surface area contributed by atoms with E-state index in [1.54, 1.807) is 4.90 Å². The van der Waals surface area contributed by atoms with Crippen molar-refractivity contribution in [1.82, 2.24) is 14.8 Å². The van der Waals surface area contributed by atoms with Gasteiger partial charge in [0.15, 0.2) is 0 Å². The highest BCUT2D eigenvalue weighted by Gasteiger charge is 2.34. The number of aliphatic hydroxyl groups excluding tert-OH is 1. The van der Waals surface area contributed by atoms with E-state index in [0.29, 0.717) is 45.3 Å². The first-order valence-corrected chi connectivity index (χ1v) is 10.2. The number of carbonyl (C=O) groups excluding carboxylic acids is 2. The van der Waals surface area contributed by atoms with E-state index in [9.17, 15) is 14.7 Å². The number of benzene rings is 1. The van der Waals surface area contributed by atoms with Crippen LogP contribution in [0.25, 0.3) is 10.9 Å². The highest BCUT2D eigenvalue weighted by atomic mass is 16.3. The minimum atomic E-state index is -0.516. The van der Waals surface area contributed by atoms with E-state index in [1.165, 1.54) is 0 Å². The lowest BCUT2D eigenvalue weighted by molar-refractivity contribution is -0.132. The van der Waals surface area contributed by atoms with Crippen LogP contribution in [-0.4, -0.2) is 64.0 Å². The molecular weight excluding hydrogens is 354 g/mol. The molecule has 1 N–H and O–H groups in total. The van der Waals surface area contributed by atoms with Crippen molar-refractivity contribution in [2.24, 2.45) is 5.92 Å². The third-order valence-electron chi connectivity index (χ3n) is 5.88. The summed E-state index contributed by atoms with van der Waals surface area (Å²) in [5.41, 5.74) is 1.90. The van der Waals surface area contributed by atoms with Crippen LogP contribution in [0, 0.1) is 5.92 Å². The fourth-order valence-corrected chi connectivity index (χ4v) is 4.27. The summed E-state index contributed by atoms with van der Waals surface area (Å²) in [6.45, 7) is 2.43. The number of carbonyl (C=O) groups is 2. The summed E-state index contributed by atoms with van der Waals surface area (Å²) < 4.78 is 0. The van der Waals surface area contributed by atoms with Crippen LogP contribution in [0.15, 0.2) is 36.4 Å². The molecule has 0 unspecified atom stereocenters. The molecule has 28 heavy (non-hydrogen) atoms. The minimum absolute atomic E-state index is 0.0118. The van der Waals surface area contributed by atoms with Gasteiger partial charge >= 0.3 is 0 Å². The third-order valence-corrected chi connectivity index (χ3v) is 5.88. The van der Waals surface area contributed by atoms with Crippen molar-refractivity contribution in [3.05, 3.63) is 42.1 Å². The van der Waals surface area contributed by atoms with E-state index < -0.39 is 6.10 Å². The Morgan fingerprint density at radius 1 is 1.18 bits per heavy atom. The van der Waals surface area contributed by atoms with Gasteiger partial charge in [-0.25, -0.2) is 0 Å². The maximum Gasteiger partial charge on any atom is 0.222 e. The van der Waals surface area contributed by atoms with Crippen LogP contribution in [0.2, 0.25) is 0 Å². The van der Waals surface area contributed by atoms with Crippen molar-refractivity contribution < 1.29 is 14.7 Å². The average molecular weight is 381 g/mol. The molecule has 2 saturated heterocycles. The molecule has 6 nitrogen and oxygen atoms in total. The quantitative estimate of drug-likeness (QED) is 0.831. The number of rotatable bonds is 6. The van der Waals surface area contributed by atoms with Gasteiger partial charge in [0.1, 0.15) is 0 Å². The number of hydrogen-bond acceptors (Lipinski definition) is 4.